The molecular formula is C8H5ClF2N2O. The number of nitrogens with zero attached hydrogens (tertiary/aromatic N) is 2. The first-order chi connectivity index (χ1) is 6.57. The maximum Gasteiger partial charge on any atom is 0.267 e. The van der Waals surface area contributed by atoms with Crippen LogP contribution in [0.15, 0.2) is 6.20 Å². The van der Waals surface area contributed by atoms with Gasteiger partial charge in [-0.25, -0.2) is 13.8 Å². The van der Waals surface area contributed by atoms with Gasteiger partial charge in [-0.05, 0) is 0 Å². The van der Waals surface area contributed by atoms with Crippen LogP contribution in [0.5, 0.6) is 5.75 Å². The SMILES string of the molecule is N#CCc1c(Cl)ncc(O)c1C(F)F. The summed E-state index contributed by atoms with van der Waals surface area (Å²) >= 11 is 5.52. The highest BCUT2D eigenvalue weighted by molar-refractivity contribution is 6.30. The van der Waals surface area contributed by atoms with E-state index in [0.717, 1.165) is 6.20 Å². The molecule has 0 spiro atoms. The van der Waals surface area contributed by atoms with Gasteiger partial charge in [-0.1, -0.05) is 11.6 Å². The summed E-state index contributed by atoms with van der Waals surface area (Å²) in [5.41, 5.74) is -0.740. The van der Waals surface area contributed by atoms with Crippen LogP contribution in [-0.4, -0.2) is 10.1 Å². The Labute approximate surface area is 83.6 Å². The number of hydrogen-bond donors (Lipinski definition) is 1. The number of pyridine rings is 1. The number of aromatic nitrogens is 1. The maximum atomic E-state index is 12.4. The van der Waals surface area contributed by atoms with Crippen molar-refractivity contribution in [3.05, 3.63) is 22.5 Å². The normalized spacial score (nSPS) is 10.2. The summed E-state index contributed by atoms with van der Waals surface area (Å²) in [6.45, 7) is 0. The lowest BCUT2D eigenvalue weighted by molar-refractivity contribution is 0.146. The molecule has 0 saturated heterocycles. The third-order valence-electron chi connectivity index (χ3n) is 1.62. The van der Waals surface area contributed by atoms with Crippen molar-refractivity contribution in [2.24, 2.45) is 0 Å². The minimum absolute atomic E-state index is 0.121. The molecule has 1 rings (SSSR count). The van der Waals surface area contributed by atoms with Crippen molar-refractivity contribution in [3.63, 3.8) is 0 Å². The number of rotatable bonds is 2. The second-order valence-corrected chi connectivity index (χ2v) is 2.82. The fourth-order valence-electron chi connectivity index (χ4n) is 1.02. The second-order valence-electron chi connectivity index (χ2n) is 2.46. The highest BCUT2D eigenvalue weighted by atomic mass is 35.5. The molecule has 0 amide bonds. The highest BCUT2D eigenvalue weighted by Gasteiger charge is 2.20. The first-order valence-corrected chi connectivity index (χ1v) is 3.97. The average molecular weight is 219 g/mol. The predicted octanol–water partition coefficient (Wildman–Crippen LogP) is 2.44. The molecule has 1 aromatic rings. The van der Waals surface area contributed by atoms with E-state index in [9.17, 15) is 8.78 Å². The van der Waals surface area contributed by atoms with Crippen LogP contribution in [-0.2, 0) is 6.42 Å². The molecule has 0 saturated carbocycles. The van der Waals surface area contributed by atoms with Gasteiger partial charge < -0.3 is 5.11 Å². The molecule has 0 aliphatic rings. The number of nitriles is 1. The number of hydrogen-bond acceptors (Lipinski definition) is 3. The molecule has 1 N–H and O–H groups in total. The lowest BCUT2D eigenvalue weighted by Crippen LogP contribution is -1.97. The van der Waals surface area contributed by atoms with Gasteiger partial charge in [-0.15, -0.1) is 0 Å². The van der Waals surface area contributed by atoms with Gasteiger partial charge in [0.15, 0.2) is 0 Å². The summed E-state index contributed by atoms with van der Waals surface area (Å²) in [5.74, 6) is -0.644. The summed E-state index contributed by atoms with van der Waals surface area (Å²) < 4.78 is 24.9. The molecule has 3 nitrogen and oxygen atoms in total. The van der Waals surface area contributed by atoms with Crippen LogP contribution in [0.4, 0.5) is 8.78 Å². The highest BCUT2D eigenvalue weighted by Crippen LogP contribution is 2.34. The second kappa shape index (κ2) is 4.20. The van der Waals surface area contributed by atoms with E-state index in [4.69, 9.17) is 22.0 Å². The Balaban J connectivity index is 3.35. The third kappa shape index (κ3) is 1.91. The molecule has 1 heterocycles. The van der Waals surface area contributed by atoms with Crippen molar-refractivity contribution in [3.8, 4) is 11.8 Å². The summed E-state index contributed by atoms with van der Waals surface area (Å²) in [6, 6.07) is 1.68. The summed E-state index contributed by atoms with van der Waals surface area (Å²) in [7, 11) is 0. The lowest BCUT2D eigenvalue weighted by atomic mass is 10.1. The molecule has 0 atom stereocenters. The predicted molar refractivity (Wildman–Crippen MR) is 45.2 cm³/mol. The zero-order chi connectivity index (χ0) is 10.7. The summed E-state index contributed by atoms with van der Waals surface area (Å²) in [6.07, 6.45) is -2.34. The fraction of sp³-hybridized carbons (Fsp3) is 0.250. The van der Waals surface area contributed by atoms with Gasteiger partial charge in [0.25, 0.3) is 6.43 Å². The largest absolute Gasteiger partial charge is 0.506 e. The van der Waals surface area contributed by atoms with Gasteiger partial charge in [0, 0.05) is 5.56 Å². The monoisotopic (exact) mass is 218 g/mol. The van der Waals surface area contributed by atoms with Crippen molar-refractivity contribution < 1.29 is 13.9 Å². The molecule has 74 valence electrons. The van der Waals surface area contributed by atoms with Crippen molar-refractivity contribution in [1.82, 2.24) is 4.98 Å². The van der Waals surface area contributed by atoms with E-state index in [1.807, 2.05) is 0 Å². The van der Waals surface area contributed by atoms with E-state index < -0.39 is 17.7 Å². The van der Waals surface area contributed by atoms with E-state index in [1.54, 1.807) is 6.07 Å². The Morgan fingerprint density at radius 1 is 1.64 bits per heavy atom. The van der Waals surface area contributed by atoms with E-state index in [-0.39, 0.29) is 17.1 Å². The Morgan fingerprint density at radius 3 is 2.79 bits per heavy atom. The quantitative estimate of drug-likeness (QED) is 0.776. The van der Waals surface area contributed by atoms with Crippen LogP contribution in [0.2, 0.25) is 5.15 Å². The topological polar surface area (TPSA) is 56.9 Å². The minimum Gasteiger partial charge on any atom is -0.506 e. The molecule has 0 aliphatic heterocycles. The molecule has 0 fully saturated rings. The standard InChI is InChI=1S/C8H5ClF2N2O/c9-7-4(1-2-12)6(8(10)11)5(14)3-13-7/h3,8,14H,1H2. The molecule has 0 aromatic carbocycles. The molecular weight excluding hydrogens is 214 g/mol. The van der Waals surface area contributed by atoms with Crippen LogP contribution in [0.25, 0.3) is 0 Å². The number of aromatic hydroxyl groups is 1. The Morgan fingerprint density at radius 2 is 2.29 bits per heavy atom. The zero-order valence-electron chi connectivity index (χ0n) is 6.84. The van der Waals surface area contributed by atoms with E-state index >= 15 is 0 Å². The number of halogens is 3. The molecule has 0 bridgehead atoms. The maximum absolute atomic E-state index is 12.4. The minimum atomic E-state index is -2.88. The summed E-state index contributed by atoms with van der Waals surface area (Å²) in [4.78, 5) is 3.47. The molecule has 14 heavy (non-hydrogen) atoms. The van der Waals surface area contributed by atoms with Crippen LogP contribution < -0.4 is 0 Å². The average Bonchev–Trinajstić information content (AvgIpc) is 2.11. The van der Waals surface area contributed by atoms with Gasteiger partial charge >= 0.3 is 0 Å². The van der Waals surface area contributed by atoms with E-state index in [2.05, 4.69) is 4.98 Å². The lowest BCUT2D eigenvalue weighted by Gasteiger charge is -2.08. The van der Waals surface area contributed by atoms with Crippen molar-refractivity contribution in [2.75, 3.05) is 0 Å². The Kier molecular flexibility index (Phi) is 3.20. The van der Waals surface area contributed by atoms with E-state index in [0.29, 0.717) is 0 Å². The van der Waals surface area contributed by atoms with Gasteiger partial charge in [-0.3, -0.25) is 0 Å². The van der Waals surface area contributed by atoms with Gasteiger partial charge in [-0.2, -0.15) is 5.26 Å². The number of alkyl halides is 2. The fourth-order valence-corrected chi connectivity index (χ4v) is 1.24. The molecule has 1 aromatic heterocycles. The van der Waals surface area contributed by atoms with Crippen molar-refractivity contribution in [2.45, 2.75) is 12.8 Å². The third-order valence-corrected chi connectivity index (χ3v) is 1.95. The smallest absolute Gasteiger partial charge is 0.267 e. The Hall–Kier alpha value is -1.41. The molecule has 0 aliphatic carbocycles. The van der Waals surface area contributed by atoms with Crippen LogP contribution in [0.3, 0.4) is 0 Å². The molecule has 0 unspecified atom stereocenters. The van der Waals surface area contributed by atoms with Crippen LogP contribution >= 0.6 is 11.6 Å². The van der Waals surface area contributed by atoms with E-state index in [1.165, 1.54) is 0 Å². The summed E-state index contributed by atoms with van der Waals surface area (Å²) in [5, 5.41) is 17.3. The molecule has 6 heteroatoms. The van der Waals surface area contributed by atoms with Crippen molar-refractivity contribution in [1.29, 1.82) is 5.26 Å². The first kappa shape index (κ1) is 10.7. The van der Waals surface area contributed by atoms with Gasteiger partial charge in [0.2, 0.25) is 0 Å². The molecule has 0 radical (unpaired) electrons. The Bertz CT molecular complexity index is 390. The van der Waals surface area contributed by atoms with Gasteiger partial charge in [0.05, 0.1) is 24.3 Å². The van der Waals surface area contributed by atoms with Gasteiger partial charge in [0.1, 0.15) is 10.9 Å². The van der Waals surface area contributed by atoms with Crippen LogP contribution in [0, 0.1) is 11.3 Å². The zero-order valence-corrected chi connectivity index (χ0v) is 7.59. The van der Waals surface area contributed by atoms with Crippen LogP contribution in [0.1, 0.15) is 17.6 Å². The van der Waals surface area contributed by atoms with Crippen molar-refractivity contribution >= 4 is 11.6 Å². The first-order valence-electron chi connectivity index (χ1n) is 3.59.